The van der Waals surface area contributed by atoms with Crippen LogP contribution in [0.4, 0.5) is 0 Å². The molecule has 102 valence electrons. The van der Waals surface area contributed by atoms with Crippen molar-refractivity contribution in [3.8, 4) is 11.8 Å². The van der Waals surface area contributed by atoms with Gasteiger partial charge in [0.25, 0.3) is 0 Å². The molecule has 0 bridgehead atoms. The zero-order valence-electron chi connectivity index (χ0n) is 11.3. The molecule has 0 unspecified atom stereocenters. The molecule has 4 nitrogen and oxygen atoms in total. The van der Waals surface area contributed by atoms with Crippen molar-refractivity contribution in [1.82, 2.24) is 4.98 Å². The first-order chi connectivity index (χ1) is 9.74. The van der Waals surface area contributed by atoms with Crippen molar-refractivity contribution in [2.75, 3.05) is 0 Å². The summed E-state index contributed by atoms with van der Waals surface area (Å²) < 4.78 is 5.75. The van der Waals surface area contributed by atoms with Crippen molar-refractivity contribution in [3.63, 3.8) is 0 Å². The summed E-state index contributed by atoms with van der Waals surface area (Å²) in [7, 11) is 0. The standard InChI is InChI=1S/C16H16N2O2/c1-2-15(19)14-5-3-4-6-16(14)20-11-12-7-8-18-13(9-12)10-17/h3-9,15,19H,2,11H2,1H3/t15-/m0/s1. The van der Waals surface area contributed by atoms with Crippen molar-refractivity contribution >= 4 is 0 Å². The molecule has 1 aromatic carbocycles. The third-order valence-corrected chi connectivity index (χ3v) is 3.00. The van der Waals surface area contributed by atoms with Gasteiger partial charge in [-0.15, -0.1) is 0 Å². The van der Waals surface area contributed by atoms with E-state index >= 15 is 0 Å². The normalized spacial score (nSPS) is 11.7. The Hall–Kier alpha value is -2.38. The van der Waals surface area contributed by atoms with E-state index in [0.29, 0.717) is 24.5 Å². The maximum Gasteiger partial charge on any atom is 0.140 e. The highest BCUT2D eigenvalue weighted by Crippen LogP contribution is 2.27. The van der Waals surface area contributed by atoms with E-state index in [1.807, 2.05) is 37.3 Å². The molecule has 0 fully saturated rings. The molecule has 0 saturated heterocycles. The predicted molar refractivity (Wildman–Crippen MR) is 75.0 cm³/mol. The second-order valence-corrected chi connectivity index (χ2v) is 4.41. The van der Waals surface area contributed by atoms with Gasteiger partial charge in [0.2, 0.25) is 0 Å². The zero-order chi connectivity index (χ0) is 14.4. The molecule has 0 aliphatic rings. The van der Waals surface area contributed by atoms with Crippen LogP contribution in [-0.2, 0) is 6.61 Å². The van der Waals surface area contributed by atoms with Gasteiger partial charge >= 0.3 is 0 Å². The van der Waals surface area contributed by atoms with Gasteiger partial charge < -0.3 is 9.84 Å². The van der Waals surface area contributed by atoms with Gasteiger partial charge in [-0.1, -0.05) is 25.1 Å². The number of benzene rings is 1. The molecular formula is C16H16N2O2. The number of nitrogens with zero attached hydrogens (tertiary/aromatic N) is 2. The van der Waals surface area contributed by atoms with Crippen LogP contribution in [-0.4, -0.2) is 10.1 Å². The van der Waals surface area contributed by atoms with Gasteiger partial charge in [-0.25, -0.2) is 4.98 Å². The van der Waals surface area contributed by atoms with E-state index in [0.717, 1.165) is 11.1 Å². The first-order valence-electron chi connectivity index (χ1n) is 6.49. The molecule has 0 saturated carbocycles. The molecule has 0 spiro atoms. The van der Waals surface area contributed by atoms with Crippen LogP contribution in [0.2, 0.25) is 0 Å². The lowest BCUT2D eigenvalue weighted by Crippen LogP contribution is -2.02. The molecule has 20 heavy (non-hydrogen) atoms. The number of ether oxygens (including phenoxy) is 1. The number of pyridine rings is 1. The van der Waals surface area contributed by atoms with E-state index in [9.17, 15) is 5.11 Å². The summed E-state index contributed by atoms with van der Waals surface area (Å²) in [5.41, 5.74) is 2.02. The second kappa shape index (κ2) is 6.69. The summed E-state index contributed by atoms with van der Waals surface area (Å²) in [4.78, 5) is 3.92. The van der Waals surface area contributed by atoms with E-state index < -0.39 is 6.10 Å². The Morgan fingerprint density at radius 3 is 2.90 bits per heavy atom. The quantitative estimate of drug-likeness (QED) is 0.905. The maximum atomic E-state index is 9.96. The van der Waals surface area contributed by atoms with Crippen molar-refractivity contribution < 1.29 is 9.84 Å². The molecule has 1 heterocycles. The highest BCUT2D eigenvalue weighted by Gasteiger charge is 2.11. The molecule has 4 heteroatoms. The fourth-order valence-corrected chi connectivity index (χ4v) is 1.89. The van der Waals surface area contributed by atoms with Crippen LogP contribution in [0, 0.1) is 11.3 Å². The van der Waals surface area contributed by atoms with Crippen molar-refractivity contribution in [2.24, 2.45) is 0 Å². The molecule has 1 aromatic heterocycles. The molecule has 0 aliphatic carbocycles. The monoisotopic (exact) mass is 268 g/mol. The second-order valence-electron chi connectivity index (χ2n) is 4.41. The van der Waals surface area contributed by atoms with Gasteiger partial charge in [-0.3, -0.25) is 0 Å². The summed E-state index contributed by atoms with van der Waals surface area (Å²) in [6.45, 7) is 2.26. The minimum Gasteiger partial charge on any atom is -0.489 e. The van der Waals surface area contributed by atoms with E-state index in [1.165, 1.54) is 0 Å². The fraction of sp³-hybridized carbons (Fsp3) is 0.250. The van der Waals surface area contributed by atoms with Crippen LogP contribution >= 0.6 is 0 Å². The SMILES string of the molecule is CC[C@H](O)c1ccccc1OCc1ccnc(C#N)c1. The Kier molecular flexibility index (Phi) is 4.70. The third-order valence-electron chi connectivity index (χ3n) is 3.00. The van der Waals surface area contributed by atoms with Crippen LogP contribution < -0.4 is 4.74 Å². The average molecular weight is 268 g/mol. The van der Waals surface area contributed by atoms with Crippen molar-refractivity contribution in [1.29, 1.82) is 5.26 Å². The van der Waals surface area contributed by atoms with E-state index in [-0.39, 0.29) is 0 Å². The summed E-state index contributed by atoms with van der Waals surface area (Å²) in [5, 5.41) is 18.8. The fourth-order valence-electron chi connectivity index (χ4n) is 1.89. The molecule has 2 aromatic rings. The number of nitriles is 1. The Morgan fingerprint density at radius 2 is 2.15 bits per heavy atom. The highest BCUT2D eigenvalue weighted by molar-refractivity contribution is 5.35. The molecule has 1 atom stereocenters. The Labute approximate surface area is 118 Å². The average Bonchev–Trinajstić information content (AvgIpc) is 2.52. The van der Waals surface area contributed by atoms with Crippen LogP contribution in [0.25, 0.3) is 0 Å². The number of hydrogen-bond acceptors (Lipinski definition) is 4. The van der Waals surface area contributed by atoms with Crippen LogP contribution in [0.1, 0.15) is 36.3 Å². The lowest BCUT2D eigenvalue weighted by Gasteiger charge is -2.14. The molecule has 2 rings (SSSR count). The van der Waals surface area contributed by atoms with E-state index in [4.69, 9.17) is 10.00 Å². The predicted octanol–water partition coefficient (Wildman–Crippen LogP) is 2.98. The van der Waals surface area contributed by atoms with Crippen molar-refractivity contribution in [2.45, 2.75) is 26.1 Å². The highest BCUT2D eigenvalue weighted by atomic mass is 16.5. The topological polar surface area (TPSA) is 66.1 Å². The minimum atomic E-state index is -0.529. The number of aliphatic hydroxyl groups excluding tert-OH is 1. The minimum absolute atomic E-state index is 0.338. The molecular weight excluding hydrogens is 252 g/mol. The van der Waals surface area contributed by atoms with Gasteiger partial charge in [0, 0.05) is 11.8 Å². The molecule has 0 radical (unpaired) electrons. The summed E-state index contributed by atoms with van der Waals surface area (Å²) in [5.74, 6) is 0.664. The van der Waals surface area contributed by atoms with Gasteiger partial charge in [-0.05, 0) is 30.2 Å². The Morgan fingerprint density at radius 1 is 1.35 bits per heavy atom. The smallest absolute Gasteiger partial charge is 0.140 e. The Balaban J connectivity index is 2.13. The lowest BCUT2D eigenvalue weighted by molar-refractivity contribution is 0.166. The molecule has 0 amide bonds. The lowest BCUT2D eigenvalue weighted by atomic mass is 10.1. The first-order valence-corrected chi connectivity index (χ1v) is 6.49. The number of aliphatic hydroxyl groups is 1. The first kappa shape index (κ1) is 14.0. The molecule has 0 aliphatic heterocycles. The zero-order valence-corrected chi connectivity index (χ0v) is 11.3. The van der Waals surface area contributed by atoms with E-state index in [1.54, 1.807) is 18.3 Å². The van der Waals surface area contributed by atoms with Crippen molar-refractivity contribution in [3.05, 3.63) is 59.4 Å². The van der Waals surface area contributed by atoms with Gasteiger partial charge in [0.05, 0.1) is 6.10 Å². The number of hydrogen-bond donors (Lipinski definition) is 1. The Bertz CT molecular complexity index is 620. The van der Waals surface area contributed by atoms with Crippen LogP contribution in [0.5, 0.6) is 5.75 Å². The van der Waals surface area contributed by atoms with Gasteiger partial charge in [0.1, 0.15) is 24.1 Å². The molecule has 1 N–H and O–H groups in total. The number of para-hydroxylation sites is 1. The summed E-state index contributed by atoms with van der Waals surface area (Å²) >= 11 is 0. The van der Waals surface area contributed by atoms with E-state index in [2.05, 4.69) is 4.98 Å². The summed E-state index contributed by atoms with van der Waals surface area (Å²) in [6, 6.07) is 12.9. The summed E-state index contributed by atoms with van der Waals surface area (Å²) in [6.07, 6.45) is 1.69. The van der Waals surface area contributed by atoms with Gasteiger partial charge in [0.15, 0.2) is 0 Å². The maximum absolute atomic E-state index is 9.96. The third kappa shape index (κ3) is 3.34. The number of rotatable bonds is 5. The number of aromatic nitrogens is 1. The van der Waals surface area contributed by atoms with Crippen LogP contribution in [0.3, 0.4) is 0 Å². The largest absolute Gasteiger partial charge is 0.489 e. The van der Waals surface area contributed by atoms with Gasteiger partial charge in [-0.2, -0.15) is 5.26 Å². The van der Waals surface area contributed by atoms with Crippen LogP contribution in [0.15, 0.2) is 42.6 Å².